The number of benzene rings is 1. The summed E-state index contributed by atoms with van der Waals surface area (Å²) in [5.74, 6) is -1.45. The molecule has 2 aromatic rings. The van der Waals surface area contributed by atoms with Crippen LogP contribution in [0, 0.1) is 5.82 Å². The van der Waals surface area contributed by atoms with Gasteiger partial charge in [-0.2, -0.15) is 5.10 Å². The number of rotatable bonds is 6. The second-order valence-corrected chi connectivity index (χ2v) is 5.05. The lowest BCUT2D eigenvalue weighted by Gasteiger charge is -2.11. The molecule has 0 aliphatic heterocycles. The van der Waals surface area contributed by atoms with Crippen LogP contribution in [-0.2, 0) is 11.3 Å². The molecule has 0 radical (unpaired) electrons. The molecule has 21 heavy (non-hydrogen) atoms. The van der Waals surface area contributed by atoms with E-state index in [-0.39, 0.29) is 12.2 Å². The summed E-state index contributed by atoms with van der Waals surface area (Å²) < 4.78 is 39.0. The standard InChI is InChI=1S/C12H11F3N4OS/c13-8-1-2-10(21-5-11(14)15)9(3-8)18-12(20)4-19-7-16-6-17-19/h1-3,6-7,11H,4-5H2,(H,18,20). The maximum atomic E-state index is 13.2. The molecule has 1 heterocycles. The number of thioether (sulfide) groups is 1. The van der Waals surface area contributed by atoms with E-state index < -0.39 is 23.9 Å². The third-order valence-corrected chi connectivity index (χ3v) is 3.44. The van der Waals surface area contributed by atoms with Crippen molar-refractivity contribution >= 4 is 23.4 Å². The number of hydrogen-bond acceptors (Lipinski definition) is 4. The van der Waals surface area contributed by atoms with Gasteiger partial charge in [-0.05, 0) is 18.2 Å². The predicted molar refractivity (Wildman–Crippen MR) is 71.8 cm³/mol. The fourth-order valence-corrected chi connectivity index (χ4v) is 2.27. The highest BCUT2D eigenvalue weighted by molar-refractivity contribution is 7.99. The van der Waals surface area contributed by atoms with Gasteiger partial charge in [0.1, 0.15) is 25.0 Å². The van der Waals surface area contributed by atoms with Gasteiger partial charge in [-0.1, -0.05) is 0 Å². The number of alkyl halides is 2. The smallest absolute Gasteiger partial charge is 0.247 e. The molecule has 0 spiro atoms. The summed E-state index contributed by atoms with van der Waals surface area (Å²) in [6, 6.07) is 3.60. The van der Waals surface area contributed by atoms with Crippen molar-refractivity contribution in [3.63, 3.8) is 0 Å². The predicted octanol–water partition coefficient (Wildman–Crippen LogP) is 2.41. The molecule has 5 nitrogen and oxygen atoms in total. The lowest BCUT2D eigenvalue weighted by Crippen LogP contribution is -2.19. The van der Waals surface area contributed by atoms with Crippen molar-refractivity contribution in [1.82, 2.24) is 14.8 Å². The summed E-state index contributed by atoms with van der Waals surface area (Å²) in [6.07, 6.45) is 0.149. The third-order valence-electron chi connectivity index (χ3n) is 2.35. The van der Waals surface area contributed by atoms with Crippen LogP contribution in [0.15, 0.2) is 35.7 Å². The Bertz CT molecular complexity index is 607. The topological polar surface area (TPSA) is 59.8 Å². The SMILES string of the molecule is O=C(Cn1cncn1)Nc1cc(F)ccc1SCC(F)F. The molecule has 0 aliphatic rings. The Kier molecular flexibility index (Phi) is 5.20. The highest BCUT2D eigenvalue weighted by Gasteiger charge is 2.12. The maximum absolute atomic E-state index is 13.2. The van der Waals surface area contributed by atoms with E-state index >= 15 is 0 Å². The van der Waals surface area contributed by atoms with Crippen LogP contribution in [0.4, 0.5) is 18.9 Å². The second kappa shape index (κ2) is 7.11. The van der Waals surface area contributed by atoms with Crippen molar-refractivity contribution in [2.24, 2.45) is 0 Å². The molecular weight excluding hydrogens is 305 g/mol. The number of hydrogen-bond donors (Lipinski definition) is 1. The Morgan fingerprint density at radius 1 is 1.43 bits per heavy atom. The molecule has 0 saturated carbocycles. The van der Waals surface area contributed by atoms with Crippen LogP contribution in [0.1, 0.15) is 0 Å². The van der Waals surface area contributed by atoms with E-state index in [0.717, 1.165) is 23.9 Å². The van der Waals surface area contributed by atoms with E-state index in [1.165, 1.54) is 23.4 Å². The first-order valence-corrected chi connectivity index (χ1v) is 6.86. The molecular formula is C12H11F3N4OS. The number of carbonyl (C=O) groups excluding carboxylic acids is 1. The van der Waals surface area contributed by atoms with E-state index in [2.05, 4.69) is 15.4 Å². The van der Waals surface area contributed by atoms with Gasteiger partial charge in [-0.3, -0.25) is 4.79 Å². The lowest BCUT2D eigenvalue weighted by atomic mass is 10.3. The van der Waals surface area contributed by atoms with Gasteiger partial charge in [0.15, 0.2) is 0 Å². The highest BCUT2D eigenvalue weighted by Crippen LogP contribution is 2.29. The lowest BCUT2D eigenvalue weighted by molar-refractivity contribution is -0.116. The summed E-state index contributed by atoms with van der Waals surface area (Å²) in [4.78, 5) is 15.9. The molecule has 1 aromatic carbocycles. The fourth-order valence-electron chi connectivity index (χ4n) is 1.53. The average Bonchev–Trinajstić information content (AvgIpc) is 2.90. The zero-order valence-electron chi connectivity index (χ0n) is 10.7. The monoisotopic (exact) mass is 316 g/mol. The molecule has 1 amide bonds. The summed E-state index contributed by atoms with van der Waals surface area (Å²) in [6.45, 7) is -0.102. The first-order chi connectivity index (χ1) is 10.0. The van der Waals surface area contributed by atoms with Gasteiger partial charge >= 0.3 is 0 Å². The van der Waals surface area contributed by atoms with Crippen LogP contribution >= 0.6 is 11.8 Å². The van der Waals surface area contributed by atoms with Gasteiger partial charge in [0.05, 0.1) is 11.4 Å². The van der Waals surface area contributed by atoms with Crippen LogP contribution in [-0.4, -0.2) is 32.8 Å². The molecule has 0 bridgehead atoms. The van der Waals surface area contributed by atoms with Crippen LogP contribution in [0.2, 0.25) is 0 Å². The third kappa shape index (κ3) is 4.78. The number of carbonyl (C=O) groups is 1. The second-order valence-electron chi connectivity index (χ2n) is 3.98. The van der Waals surface area contributed by atoms with E-state index in [4.69, 9.17) is 0 Å². The van der Waals surface area contributed by atoms with Crippen LogP contribution in [0.5, 0.6) is 0 Å². The number of aromatic nitrogens is 3. The molecule has 0 unspecified atom stereocenters. The molecule has 2 rings (SSSR count). The zero-order chi connectivity index (χ0) is 15.2. The number of nitrogens with zero attached hydrogens (tertiary/aromatic N) is 3. The van der Waals surface area contributed by atoms with E-state index in [9.17, 15) is 18.0 Å². The number of halogens is 3. The summed E-state index contributed by atoms with van der Waals surface area (Å²) in [5, 5.41) is 6.24. The van der Waals surface area contributed by atoms with Gasteiger partial charge in [0.2, 0.25) is 12.3 Å². The molecule has 0 aliphatic carbocycles. The van der Waals surface area contributed by atoms with Gasteiger partial charge in [-0.15, -0.1) is 11.8 Å². The quantitative estimate of drug-likeness (QED) is 0.832. The molecule has 112 valence electrons. The van der Waals surface area contributed by atoms with Gasteiger partial charge in [0, 0.05) is 4.90 Å². The van der Waals surface area contributed by atoms with Crippen molar-refractivity contribution in [2.75, 3.05) is 11.1 Å². The fraction of sp³-hybridized carbons (Fsp3) is 0.250. The van der Waals surface area contributed by atoms with E-state index in [0.29, 0.717) is 4.90 Å². The molecule has 0 saturated heterocycles. The van der Waals surface area contributed by atoms with Gasteiger partial charge < -0.3 is 5.32 Å². The Balaban J connectivity index is 2.06. The Morgan fingerprint density at radius 3 is 2.90 bits per heavy atom. The minimum atomic E-state index is -2.49. The molecule has 0 fully saturated rings. The molecule has 1 N–H and O–H groups in total. The Morgan fingerprint density at radius 2 is 2.24 bits per heavy atom. The highest BCUT2D eigenvalue weighted by atomic mass is 32.2. The van der Waals surface area contributed by atoms with Crippen LogP contribution < -0.4 is 5.32 Å². The minimum Gasteiger partial charge on any atom is -0.323 e. The minimum absolute atomic E-state index is 0.102. The van der Waals surface area contributed by atoms with E-state index in [1.807, 2.05) is 0 Å². The van der Waals surface area contributed by atoms with Crippen LogP contribution in [0.25, 0.3) is 0 Å². The zero-order valence-corrected chi connectivity index (χ0v) is 11.5. The van der Waals surface area contributed by atoms with Crippen LogP contribution in [0.3, 0.4) is 0 Å². The first-order valence-electron chi connectivity index (χ1n) is 5.87. The number of anilines is 1. The Labute approximate surface area is 122 Å². The van der Waals surface area contributed by atoms with Crippen molar-refractivity contribution in [1.29, 1.82) is 0 Å². The first kappa shape index (κ1) is 15.4. The summed E-state index contributed by atoms with van der Waals surface area (Å²) in [7, 11) is 0. The van der Waals surface area contributed by atoms with Crippen molar-refractivity contribution < 1.29 is 18.0 Å². The summed E-state index contributed by atoms with van der Waals surface area (Å²) >= 11 is 0.848. The van der Waals surface area contributed by atoms with Gasteiger partial charge in [0.25, 0.3) is 0 Å². The number of amides is 1. The van der Waals surface area contributed by atoms with Crippen molar-refractivity contribution in [3.8, 4) is 0 Å². The summed E-state index contributed by atoms with van der Waals surface area (Å²) in [5.41, 5.74) is 0.158. The normalized spacial score (nSPS) is 10.9. The average molecular weight is 316 g/mol. The molecule has 9 heteroatoms. The molecule has 1 aromatic heterocycles. The largest absolute Gasteiger partial charge is 0.323 e. The van der Waals surface area contributed by atoms with Crippen molar-refractivity contribution in [2.45, 2.75) is 17.9 Å². The molecule has 0 atom stereocenters. The maximum Gasteiger partial charge on any atom is 0.247 e. The Hall–Kier alpha value is -2.03. The van der Waals surface area contributed by atoms with E-state index in [1.54, 1.807) is 0 Å². The number of nitrogens with one attached hydrogen (secondary N) is 1. The van der Waals surface area contributed by atoms with Gasteiger partial charge in [-0.25, -0.2) is 22.8 Å². The van der Waals surface area contributed by atoms with Crippen molar-refractivity contribution in [3.05, 3.63) is 36.7 Å².